The summed E-state index contributed by atoms with van der Waals surface area (Å²) in [6.45, 7) is 1.25. The molecule has 11 heteroatoms. The van der Waals surface area contributed by atoms with Crippen molar-refractivity contribution in [1.82, 2.24) is 9.29 Å². The van der Waals surface area contributed by atoms with Gasteiger partial charge < -0.3 is 19.5 Å². The maximum absolute atomic E-state index is 13.2. The molecule has 2 aromatic carbocycles. The number of nitrogens with one attached hydrogen (secondary N) is 1. The van der Waals surface area contributed by atoms with Crippen molar-refractivity contribution in [3.05, 3.63) is 36.4 Å². The van der Waals surface area contributed by atoms with Crippen molar-refractivity contribution in [2.75, 3.05) is 32.2 Å². The van der Waals surface area contributed by atoms with E-state index in [4.69, 9.17) is 14.2 Å². The summed E-state index contributed by atoms with van der Waals surface area (Å²) in [5.74, 6) is 1.45. The number of sulfonamides is 1. The molecular formula is C21H21N3O6S2. The van der Waals surface area contributed by atoms with Gasteiger partial charge in [0.2, 0.25) is 15.9 Å². The zero-order valence-corrected chi connectivity index (χ0v) is 18.9. The number of nitrogens with zero attached hydrogens (tertiary/aromatic N) is 2. The third kappa shape index (κ3) is 3.76. The minimum absolute atomic E-state index is 0.128. The second-order valence-electron chi connectivity index (χ2n) is 7.42. The Hall–Kier alpha value is -2.89. The number of benzene rings is 2. The minimum Gasteiger partial charge on any atom is -0.497 e. The number of amides is 1. The highest BCUT2D eigenvalue weighted by molar-refractivity contribution is 7.89. The maximum atomic E-state index is 13.2. The van der Waals surface area contributed by atoms with Crippen LogP contribution in [0.1, 0.15) is 12.8 Å². The second-order valence-corrected chi connectivity index (χ2v) is 10.3. The molecule has 168 valence electrons. The number of ether oxygens (including phenoxy) is 3. The molecule has 0 saturated carbocycles. The Morgan fingerprint density at radius 1 is 1.19 bits per heavy atom. The molecular weight excluding hydrogens is 454 g/mol. The predicted molar refractivity (Wildman–Crippen MR) is 119 cm³/mol. The van der Waals surface area contributed by atoms with Crippen LogP contribution in [0.2, 0.25) is 0 Å². The number of rotatable bonds is 5. The van der Waals surface area contributed by atoms with Crippen LogP contribution in [-0.4, -0.2) is 56.5 Å². The Morgan fingerprint density at radius 3 is 2.62 bits per heavy atom. The molecule has 1 unspecified atom stereocenters. The molecule has 2 aliphatic heterocycles. The van der Waals surface area contributed by atoms with E-state index in [0.717, 1.165) is 4.70 Å². The van der Waals surface area contributed by atoms with Gasteiger partial charge in [-0.3, -0.25) is 4.79 Å². The molecule has 1 aromatic heterocycles. The fraction of sp³-hybridized carbons (Fsp3) is 0.333. The third-order valence-electron chi connectivity index (χ3n) is 5.45. The van der Waals surface area contributed by atoms with Crippen molar-refractivity contribution in [3.8, 4) is 17.2 Å². The van der Waals surface area contributed by atoms with Gasteiger partial charge in [-0.05, 0) is 37.1 Å². The van der Waals surface area contributed by atoms with Gasteiger partial charge in [0.15, 0.2) is 16.6 Å². The van der Waals surface area contributed by atoms with Crippen molar-refractivity contribution in [2.45, 2.75) is 23.8 Å². The van der Waals surface area contributed by atoms with Crippen molar-refractivity contribution < 1.29 is 27.4 Å². The van der Waals surface area contributed by atoms with Gasteiger partial charge in [0, 0.05) is 18.7 Å². The van der Waals surface area contributed by atoms with Crippen LogP contribution in [0.25, 0.3) is 10.2 Å². The summed E-state index contributed by atoms with van der Waals surface area (Å²) in [7, 11) is -2.30. The zero-order chi connectivity index (χ0) is 22.3. The van der Waals surface area contributed by atoms with Crippen LogP contribution in [0.3, 0.4) is 0 Å². The quantitative estimate of drug-likeness (QED) is 0.605. The van der Waals surface area contributed by atoms with E-state index in [2.05, 4.69) is 10.3 Å². The molecule has 3 aromatic rings. The first-order valence-corrected chi connectivity index (χ1v) is 12.4. The lowest BCUT2D eigenvalue weighted by Gasteiger charge is -2.23. The largest absolute Gasteiger partial charge is 0.497 e. The lowest BCUT2D eigenvalue weighted by Crippen LogP contribution is -2.43. The van der Waals surface area contributed by atoms with E-state index in [1.165, 1.54) is 34.9 Å². The molecule has 1 N–H and O–H groups in total. The van der Waals surface area contributed by atoms with Crippen LogP contribution in [-0.2, 0) is 14.8 Å². The summed E-state index contributed by atoms with van der Waals surface area (Å²) in [5, 5.41) is 3.20. The van der Waals surface area contributed by atoms with Crippen LogP contribution < -0.4 is 19.5 Å². The Morgan fingerprint density at radius 2 is 1.91 bits per heavy atom. The molecule has 32 heavy (non-hydrogen) atoms. The molecule has 0 radical (unpaired) electrons. The average molecular weight is 476 g/mol. The molecule has 1 amide bonds. The van der Waals surface area contributed by atoms with Crippen molar-refractivity contribution in [3.63, 3.8) is 0 Å². The number of hydrogen-bond acceptors (Lipinski definition) is 8. The monoisotopic (exact) mass is 475 g/mol. The number of thiazole rings is 1. The molecule has 3 heterocycles. The van der Waals surface area contributed by atoms with Gasteiger partial charge in [0.25, 0.3) is 0 Å². The normalized spacial score (nSPS) is 18.6. The van der Waals surface area contributed by atoms with Crippen molar-refractivity contribution >= 4 is 42.6 Å². The number of carbonyl (C=O) groups is 1. The van der Waals surface area contributed by atoms with Gasteiger partial charge in [-0.15, -0.1) is 0 Å². The highest BCUT2D eigenvalue weighted by Crippen LogP contribution is 2.38. The highest BCUT2D eigenvalue weighted by atomic mass is 32.2. The smallest absolute Gasteiger partial charge is 0.244 e. The number of aromatic nitrogens is 1. The lowest BCUT2D eigenvalue weighted by atomic mass is 10.2. The molecule has 0 aliphatic carbocycles. The van der Waals surface area contributed by atoms with E-state index < -0.39 is 22.0 Å². The number of anilines is 1. The number of methoxy groups -OCH3 is 1. The van der Waals surface area contributed by atoms with Gasteiger partial charge in [-0.25, -0.2) is 13.4 Å². The molecule has 1 saturated heterocycles. The molecule has 5 rings (SSSR count). The summed E-state index contributed by atoms with van der Waals surface area (Å²) in [4.78, 5) is 17.6. The van der Waals surface area contributed by atoms with Crippen LogP contribution in [0, 0.1) is 0 Å². The Balaban J connectivity index is 1.36. The van der Waals surface area contributed by atoms with Crippen LogP contribution in [0.15, 0.2) is 41.3 Å². The standard InChI is InChI=1S/C21H21N3O6S2/c1-28-13-4-6-14(7-5-13)32(26,27)24-8-2-3-16(24)20(25)23-21-22-15-11-17-18(12-19(15)31-21)30-10-9-29-17/h4-7,11-12,16H,2-3,8-10H2,1H3,(H,22,23,25). The first-order valence-electron chi connectivity index (χ1n) is 10.1. The van der Waals surface area contributed by atoms with E-state index in [-0.39, 0.29) is 11.4 Å². The van der Waals surface area contributed by atoms with Gasteiger partial charge >= 0.3 is 0 Å². The number of hydrogen-bond donors (Lipinski definition) is 1. The number of fused-ring (bicyclic) bond motifs is 2. The molecule has 1 atom stereocenters. The Kier molecular flexibility index (Phi) is 5.39. The maximum Gasteiger partial charge on any atom is 0.244 e. The van der Waals surface area contributed by atoms with Crippen LogP contribution >= 0.6 is 11.3 Å². The van der Waals surface area contributed by atoms with Gasteiger partial charge in [0.05, 0.1) is 22.2 Å². The van der Waals surface area contributed by atoms with Crippen LogP contribution in [0.5, 0.6) is 17.2 Å². The molecule has 9 nitrogen and oxygen atoms in total. The first-order chi connectivity index (χ1) is 15.5. The number of carbonyl (C=O) groups excluding carboxylic acids is 1. The predicted octanol–water partition coefficient (Wildman–Crippen LogP) is 2.87. The van der Waals surface area contributed by atoms with E-state index in [9.17, 15) is 13.2 Å². The summed E-state index contributed by atoms with van der Waals surface area (Å²) in [6, 6.07) is 8.98. The zero-order valence-electron chi connectivity index (χ0n) is 17.2. The summed E-state index contributed by atoms with van der Waals surface area (Å²) < 4.78 is 44.7. The highest BCUT2D eigenvalue weighted by Gasteiger charge is 2.39. The molecule has 2 aliphatic rings. The van der Waals surface area contributed by atoms with E-state index in [0.29, 0.717) is 54.0 Å². The van der Waals surface area contributed by atoms with Crippen LogP contribution in [0.4, 0.5) is 5.13 Å². The van der Waals surface area contributed by atoms with Crippen molar-refractivity contribution in [1.29, 1.82) is 0 Å². The summed E-state index contributed by atoms with van der Waals surface area (Å²) in [6.07, 6.45) is 1.05. The van der Waals surface area contributed by atoms with E-state index in [1.54, 1.807) is 18.2 Å². The Bertz CT molecular complexity index is 1230. The second kappa shape index (κ2) is 8.23. The van der Waals surface area contributed by atoms with E-state index in [1.807, 2.05) is 6.07 Å². The fourth-order valence-corrected chi connectivity index (χ4v) is 6.42. The Labute approximate surface area is 189 Å². The third-order valence-corrected chi connectivity index (χ3v) is 8.31. The van der Waals surface area contributed by atoms with E-state index >= 15 is 0 Å². The van der Waals surface area contributed by atoms with Gasteiger partial charge in [-0.1, -0.05) is 11.3 Å². The SMILES string of the molecule is COc1ccc(S(=O)(=O)N2CCCC2C(=O)Nc2nc3cc4c(cc3s2)OCCO4)cc1. The first kappa shape index (κ1) is 21.0. The minimum atomic E-state index is -3.82. The molecule has 0 bridgehead atoms. The summed E-state index contributed by atoms with van der Waals surface area (Å²) >= 11 is 1.31. The summed E-state index contributed by atoms with van der Waals surface area (Å²) in [5.41, 5.74) is 0.684. The molecule has 1 fully saturated rings. The van der Waals surface area contributed by atoms with Crippen molar-refractivity contribution in [2.24, 2.45) is 0 Å². The average Bonchev–Trinajstić information content (AvgIpc) is 3.44. The topological polar surface area (TPSA) is 107 Å². The lowest BCUT2D eigenvalue weighted by molar-refractivity contribution is -0.119. The molecule has 0 spiro atoms. The fourth-order valence-electron chi connectivity index (χ4n) is 3.88. The van der Waals surface area contributed by atoms with Gasteiger partial charge in [0.1, 0.15) is 25.0 Å². The van der Waals surface area contributed by atoms with Gasteiger partial charge in [-0.2, -0.15) is 4.31 Å².